The van der Waals surface area contributed by atoms with Crippen molar-refractivity contribution in [3.05, 3.63) is 36.2 Å². The first-order valence-corrected chi connectivity index (χ1v) is 7.67. The van der Waals surface area contributed by atoms with Crippen LogP contribution in [0.2, 0.25) is 0 Å². The Morgan fingerprint density at radius 3 is 2.90 bits per heavy atom. The van der Waals surface area contributed by atoms with E-state index in [0.717, 1.165) is 29.5 Å². The molecule has 0 unspecified atom stereocenters. The number of hydrogen-bond acceptors (Lipinski definition) is 2. The molecular weight excluding hydrogens is 264 g/mol. The summed E-state index contributed by atoms with van der Waals surface area (Å²) in [6.45, 7) is 6.56. The summed E-state index contributed by atoms with van der Waals surface area (Å²) >= 11 is 0. The lowest BCUT2D eigenvalue weighted by atomic mass is 9.95. The topological polar surface area (TPSA) is 47.2 Å². The van der Waals surface area contributed by atoms with Gasteiger partial charge in [-0.25, -0.2) is 0 Å². The molecule has 4 nitrogen and oxygen atoms in total. The van der Waals surface area contributed by atoms with Gasteiger partial charge in [0.1, 0.15) is 5.69 Å². The molecule has 0 atom stereocenters. The lowest BCUT2D eigenvalue weighted by Crippen LogP contribution is -2.37. The van der Waals surface area contributed by atoms with E-state index in [1.165, 1.54) is 19.3 Å². The minimum absolute atomic E-state index is 0.00505. The van der Waals surface area contributed by atoms with E-state index in [1.54, 1.807) is 6.26 Å². The quantitative estimate of drug-likeness (QED) is 0.867. The number of carbonyl (C=O) groups excluding carboxylic acids is 1. The third-order valence-electron chi connectivity index (χ3n) is 4.12. The van der Waals surface area contributed by atoms with E-state index in [-0.39, 0.29) is 5.91 Å². The molecule has 4 heteroatoms. The van der Waals surface area contributed by atoms with E-state index < -0.39 is 0 Å². The predicted molar refractivity (Wildman–Crippen MR) is 83.4 cm³/mol. The number of fused-ring (bicyclic) bond motifs is 1. The molecule has 0 saturated heterocycles. The maximum atomic E-state index is 12.6. The van der Waals surface area contributed by atoms with Gasteiger partial charge in [-0.1, -0.05) is 31.4 Å². The van der Waals surface area contributed by atoms with E-state index >= 15 is 0 Å². The Balaban J connectivity index is 1.85. The maximum absolute atomic E-state index is 12.6. The second-order valence-electron chi connectivity index (χ2n) is 6.05. The third-order valence-corrected chi connectivity index (χ3v) is 4.12. The molecule has 2 aromatic heterocycles. The van der Waals surface area contributed by atoms with E-state index in [0.29, 0.717) is 18.3 Å². The van der Waals surface area contributed by atoms with Crippen molar-refractivity contribution in [2.24, 2.45) is 0 Å². The van der Waals surface area contributed by atoms with Crippen molar-refractivity contribution in [3.8, 4) is 0 Å². The molecule has 112 valence electrons. The van der Waals surface area contributed by atoms with Crippen molar-refractivity contribution in [3.63, 3.8) is 0 Å². The number of nitrogens with one attached hydrogen (secondary N) is 1. The van der Waals surface area contributed by atoms with Crippen LogP contribution in [-0.4, -0.2) is 16.5 Å². The summed E-state index contributed by atoms with van der Waals surface area (Å²) < 4.78 is 7.42. The van der Waals surface area contributed by atoms with Crippen LogP contribution in [0.4, 0.5) is 0 Å². The minimum Gasteiger partial charge on any atom is -0.463 e. The van der Waals surface area contributed by atoms with Gasteiger partial charge in [-0.15, -0.1) is 0 Å². The normalized spacial score (nSPS) is 16.2. The fourth-order valence-electron chi connectivity index (χ4n) is 3.11. The van der Waals surface area contributed by atoms with Crippen LogP contribution in [0.15, 0.2) is 35.0 Å². The number of furan rings is 1. The summed E-state index contributed by atoms with van der Waals surface area (Å²) in [7, 11) is 0. The van der Waals surface area contributed by atoms with Gasteiger partial charge in [0.15, 0.2) is 5.58 Å². The van der Waals surface area contributed by atoms with Crippen molar-refractivity contribution < 1.29 is 9.21 Å². The van der Waals surface area contributed by atoms with Gasteiger partial charge in [-0.3, -0.25) is 4.79 Å². The highest BCUT2D eigenvalue weighted by molar-refractivity contribution is 5.97. The zero-order valence-electron chi connectivity index (χ0n) is 12.5. The van der Waals surface area contributed by atoms with Gasteiger partial charge in [0.25, 0.3) is 5.91 Å². The number of nitrogens with zero attached hydrogens (tertiary/aromatic N) is 1. The first-order chi connectivity index (χ1) is 10.1. The summed E-state index contributed by atoms with van der Waals surface area (Å²) in [5.41, 5.74) is 3.38. The Morgan fingerprint density at radius 1 is 1.43 bits per heavy atom. The van der Waals surface area contributed by atoms with Gasteiger partial charge in [0, 0.05) is 24.7 Å². The van der Waals surface area contributed by atoms with Crippen LogP contribution in [0.5, 0.6) is 0 Å². The maximum Gasteiger partial charge on any atom is 0.268 e. The summed E-state index contributed by atoms with van der Waals surface area (Å²) in [5.74, 6) is -0.00505. The molecule has 1 amide bonds. The van der Waals surface area contributed by atoms with Gasteiger partial charge < -0.3 is 14.3 Å². The molecule has 2 aromatic rings. The summed E-state index contributed by atoms with van der Waals surface area (Å²) in [5, 5.41) is 3.17. The first kappa shape index (κ1) is 14.0. The predicted octanol–water partition coefficient (Wildman–Crippen LogP) is 3.87. The second-order valence-corrected chi connectivity index (χ2v) is 6.05. The lowest BCUT2D eigenvalue weighted by Gasteiger charge is -2.23. The molecule has 0 aromatic carbocycles. The van der Waals surface area contributed by atoms with Crippen molar-refractivity contribution in [2.45, 2.75) is 51.6 Å². The fraction of sp³-hybridized carbons (Fsp3) is 0.471. The van der Waals surface area contributed by atoms with Crippen LogP contribution in [0.1, 0.15) is 49.5 Å². The Hall–Kier alpha value is -1.97. The Morgan fingerprint density at radius 2 is 2.19 bits per heavy atom. The molecule has 0 spiro atoms. The monoisotopic (exact) mass is 286 g/mol. The highest BCUT2D eigenvalue weighted by Gasteiger charge is 2.21. The molecule has 1 aliphatic rings. The third kappa shape index (κ3) is 2.89. The molecule has 21 heavy (non-hydrogen) atoms. The number of amides is 1. The number of allylic oxidation sites excluding steroid dienone is 1. The number of rotatable bonds is 4. The molecular formula is C17H22N2O2. The largest absolute Gasteiger partial charge is 0.463 e. The molecule has 3 rings (SSSR count). The van der Waals surface area contributed by atoms with Crippen molar-refractivity contribution in [1.29, 1.82) is 0 Å². The SMILES string of the molecule is C=C(C)Cn1c(C(=O)NC2CCCCC2)cc2occc21. The van der Waals surface area contributed by atoms with E-state index in [9.17, 15) is 4.79 Å². The van der Waals surface area contributed by atoms with Gasteiger partial charge in [-0.2, -0.15) is 0 Å². The Kier molecular flexibility index (Phi) is 3.86. The van der Waals surface area contributed by atoms with Crippen molar-refractivity contribution >= 4 is 17.0 Å². The minimum atomic E-state index is -0.00505. The molecule has 1 saturated carbocycles. The average molecular weight is 286 g/mol. The van der Waals surface area contributed by atoms with E-state index in [4.69, 9.17) is 4.42 Å². The number of carbonyl (C=O) groups is 1. The Labute approximate surface area is 124 Å². The molecule has 0 bridgehead atoms. The van der Waals surface area contributed by atoms with Crippen LogP contribution in [-0.2, 0) is 6.54 Å². The van der Waals surface area contributed by atoms with Gasteiger partial charge >= 0.3 is 0 Å². The van der Waals surface area contributed by atoms with Crippen LogP contribution in [0.3, 0.4) is 0 Å². The van der Waals surface area contributed by atoms with Crippen LogP contribution >= 0.6 is 0 Å². The number of hydrogen-bond donors (Lipinski definition) is 1. The van der Waals surface area contributed by atoms with Crippen LogP contribution in [0, 0.1) is 0 Å². The first-order valence-electron chi connectivity index (χ1n) is 7.67. The molecule has 0 aliphatic heterocycles. The zero-order chi connectivity index (χ0) is 14.8. The smallest absolute Gasteiger partial charge is 0.268 e. The summed E-state index contributed by atoms with van der Waals surface area (Å²) in [4.78, 5) is 12.6. The molecule has 1 N–H and O–H groups in total. The van der Waals surface area contributed by atoms with Gasteiger partial charge in [0.05, 0.1) is 11.8 Å². The second kappa shape index (κ2) is 5.80. The zero-order valence-corrected chi connectivity index (χ0v) is 12.5. The lowest BCUT2D eigenvalue weighted by molar-refractivity contribution is 0.0919. The van der Waals surface area contributed by atoms with E-state index in [2.05, 4.69) is 11.9 Å². The van der Waals surface area contributed by atoms with Crippen molar-refractivity contribution in [1.82, 2.24) is 9.88 Å². The van der Waals surface area contributed by atoms with Crippen molar-refractivity contribution in [2.75, 3.05) is 0 Å². The molecule has 0 radical (unpaired) electrons. The summed E-state index contributed by atoms with van der Waals surface area (Å²) in [6.07, 6.45) is 7.53. The van der Waals surface area contributed by atoms with Crippen LogP contribution in [0.25, 0.3) is 11.1 Å². The highest BCUT2D eigenvalue weighted by Crippen LogP contribution is 2.23. The Bertz CT molecular complexity index is 659. The molecule has 2 heterocycles. The van der Waals surface area contributed by atoms with Gasteiger partial charge in [0.2, 0.25) is 0 Å². The average Bonchev–Trinajstić information content (AvgIpc) is 3.02. The standard InChI is InChI=1S/C17H22N2O2/c1-12(2)11-19-14-8-9-21-16(14)10-15(19)17(20)18-13-6-4-3-5-7-13/h8-10,13H,1,3-7,11H2,2H3,(H,18,20). The number of aromatic nitrogens is 1. The van der Waals surface area contributed by atoms with Crippen LogP contribution < -0.4 is 5.32 Å². The highest BCUT2D eigenvalue weighted by atomic mass is 16.3. The summed E-state index contributed by atoms with van der Waals surface area (Å²) in [6, 6.07) is 4.04. The van der Waals surface area contributed by atoms with Gasteiger partial charge in [-0.05, 0) is 19.8 Å². The molecule has 1 fully saturated rings. The van der Waals surface area contributed by atoms with E-state index in [1.807, 2.05) is 23.6 Å². The fourth-order valence-corrected chi connectivity index (χ4v) is 3.11. The molecule has 1 aliphatic carbocycles.